The summed E-state index contributed by atoms with van der Waals surface area (Å²) in [7, 11) is 0. The number of carbonyl (C=O) groups is 1. The van der Waals surface area contributed by atoms with Gasteiger partial charge in [0, 0.05) is 5.02 Å². The van der Waals surface area contributed by atoms with Gasteiger partial charge in [-0.3, -0.25) is 9.36 Å². The zero-order valence-corrected chi connectivity index (χ0v) is 13.8. The van der Waals surface area contributed by atoms with E-state index in [0.717, 1.165) is 0 Å². The Morgan fingerprint density at radius 2 is 1.88 bits per heavy atom. The molecule has 0 saturated heterocycles. The standard InChI is InChI=1S/C18H15ClN2O3/c1-12-20-16-5-3-2-4-15(16)17(22)21(12)10-11-24-18(23)13-6-8-14(19)9-7-13/h2-9H,10-11H2,1H3. The number of para-hydroxylation sites is 1. The van der Waals surface area contributed by atoms with Crippen LogP contribution in [0.25, 0.3) is 10.9 Å². The van der Waals surface area contributed by atoms with Crippen molar-refractivity contribution in [2.45, 2.75) is 13.5 Å². The molecule has 0 saturated carbocycles. The summed E-state index contributed by atoms with van der Waals surface area (Å²) in [5, 5.41) is 1.10. The highest BCUT2D eigenvalue weighted by Crippen LogP contribution is 2.11. The van der Waals surface area contributed by atoms with Crippen LogP contribution in [0.4, 0.5) is 0 Å². The molecule has 0 aliphatic carbocycles. The highest BCUT2D eigenvalue weighted by molar-refractivity contribution is 6.30. The van der Waals surface area contributed by atoms with Crippen molar-refractivity contribution >= 4 is 28.5 Å². The zero-order chi connectivity index (χ0) is 17.1. The lowest BCUT2D eigenvalue weighted by Gasteiger charge is -2.11. The summed E-state index contributed by atoms with van der Waals surface area (Å²) in [6.07, 6.45) is 0. The number of nitrogens with zero attached hydrogens (tertiary/aromatic N) is 2. The van der Waals surface area contributed by atoms with Gasteiger partial charge < -0.3 is 4.74 Å². The number of fused-ring (bicyclic) bond motifs is 1. The summed E-state index contributed by atoms with van der Waals surface area (Å²) in [6, 6.07) is 13.6. The Morgan fingerprint density at radius 3 is 2.62 bits per heavy atom. The van der Waals surface area contributed by atoms with Crippen LogP contribution in [0.3, 0.4) is 0 Å². The van der Waals surface area contributed by atoms with E-state index in [1.165, 1.54) is 4.57 Å². The van der Waals surface area contributed by atoms with E-state index < -0.39 is 5.97 Å². The number of esters is 1. The lowest BCUT2D eigenvalue weighted by Crippen LogP contribution is -2.26. The first-order valence-corrected chi connectivity index (χ1v) is 7.83. The molecule has 1 heterocycles. The summed E-state index contributed by atoms with van der Waals surface area (Å²) in [6.45, 7) is 2.10. The molecule has 6 heteroatoms. The molecule has 0 amide bonds. The van der Waals surface area contributed by atoms with E-state index in [1.807, 2.05) is 6.07 Å². The second kappa shape index (κ2) is 6.84. The Balaban J connectivity index is 1.73. The summed E-state index contributed by atoms with van der Waals surface area (Å²) in [5.74, 6) is 0.132. The van der Waals surface area contributed by atoms with Gasteiger partial charge in [0.05, 0.1) is 23.0 Å². The molecule has 5 nitrogen and oxygen atoms in total. The fraction of sp³-hybridized carbons (Fsp3) is 0.167. The fourth-order valence-corrected chi connectivity index (χ4v) is 2.57. The van der Waals surface area contributed by atoms with Crippen LogP contribution in [0.5, 0.6) is 0 Å². The number of benzene rings is 2. The minimum absolute atomic E-state index is 0.0855. The van der Waals surface area contributed by atoms with Crippen molar-refractivity contribution in [3.05, 3.63) is 75.3 Å². The van der Waals surface area contributed by atoms with Crippen LogP contribution in [0, 0.1) is 6.92 Å². The summed E-state index contributed by atoms with van der Waals surface area (Å²) >= 11 is 5.79. The molecule has 3 rings (SSSR count). The molecule has 2 aromatic carbocycles. The summed E-state index contributed by atoms with van der Waals surface area (Å²) in [5.41, 5.74) is 0.940. The van der Waals surface area contributed by atoms with E-state index in [0.29, 0.717) is 27.3 Å². The van der Waals surface area contributed by atoms with Crippen molar-refractivity contribution in [2.75, 3.05) is 6.61 Å². The first-order valence-electron chi connectivity index (χ1n) is 7.45. The van der Waals surface area contributed by atoms with E-state index in [1.54, 1.807) is 49.4 Å². The number of aryl methyl sites for hydroxylation is 1. The molecule has 0 fully saturated rings. The van der Waals surface area contributed by atoms with Gasteiger partial charge in [-0.15, -0.1) is 0 Å². The maximum Gasteiger partial charge on any atom is 0.338 e. The molecule has 0 atom stereocenters. The minimum atomic E-state index is -0.453. The number of rotatable bonds is 4. The van der Waals surface area contributed by atoms with Gasteiger partial charge >= 0.3 is 5.97 Å². The second-order valence-electron chi connectivity index (χ2n) is 5.28. The summed E-state index contributed by atoms with van der Waals surface area (Å²) in [4.78, 5) is 28.9. The first kappa shape index (κ1) is 16.2. The molecule has 1 aromatic heterocycles. The lowest BCUT2D eigenvalue weighted by molar-refractivity contribution is 0.0489. The minimum Gasteiger partial charge on any atom is -0.460 e. The van der Waals surface area contributed by atoms with Crippen molar-refractivity contribution in [1.82, 2.24) is 9.55 Å². The van der Waals surface area contributed by atoms with Gasteiger partial charge in [-0.05, 0) is 43.3 Å². The smallest absolute Gasteiger partial charge is 0.338 e. The predicted octanol–water partition coefficient (Wildman–Crippen LogP) is 3.22. The van der Waals surface area contributed by atoms with Gasteiger partial charge in [-0.2, -0.15) is 0 Å². The predicted molar refractivity (Wildman–Crippen MR) is 92.5 cm³/mol. The molecule has 0 unspecified atom stereocenters. The largest absolute Gasteiger partial charge is 0.460 e. The van der Waals surface area contributed by atoms with E-state index in [2.05, 4.69) is 4.98 Å². The normalized spacial score (nSPS) is 10.8. The highest BCUT2D eigenvalue weighted by Gasteiger charge is 2.10. The van der Waals surface area contributed by atoms with E-state index in [-0.39, 0.29) is 18.7 Å². The van der Waals surface area contributed by atoms with Crippen LogP contribution in [0.15, 0.2) is 53.3 Å². The van der Waals surface area contributed by atoms with Crippen molar-refractivity contribution in [3.63, 3.8) is 0 Å². The number of hydrogen-bond donors (Lipinski definition) is 0. The Morgan fingerprint density at radius 1 is 1.17 bits per heavy atom. The van der Waals surface area contributed by atoms with Gasteiger partial charge in [0.2, 0.25) is 0 Å². The Hall–Kier alpha value is -2.66. The fourth-order valence-electron chi connectivity index (χ4n) is 2.44. The van der Waals surface area contributed by atoms with Crippen LogP contribution < -0.4 is 5.56 Å². The molecule has 0 N–H and O–H groups in total. The summed E-state index contributed by atoms with van der Waals surface area (Å²) < 4.78 is 6.74. The van der Waals surface area contributed by atoms with Crippen molar-refractivity contribution in [1.29, 1.82) is 0 Å². The molecule has 3 aromatic rings. The number of halogens is 1. The van der Waals surface area contributed by atoms with Crippen LogP contribution in [-0.2, 0) is 11.3 Å². The SMILES string of the molecule is Cc1nc2ccccc2c(=O)n1CCOC(=O)c1ccc(Cl)cc1. The Bertz CT molecular complexity index is 949. The van der Waals surface area contributed by atoms with Crippen LogP contribution in [-0.4, -0.2) is 22.1 Å². The van der Waals surface area contributed by atoms with Gasteiger partial charge in [-0.25, -0.2) is 9.78 Å². The molecule has 122 valence electrons. The number of ether oxygens (including phenoxy) is 1. The average molecular weight is 343 g/mol. The molecule has 0 aliphatic rings. The maximum absolute atomic E-state index is 12.5. The molecular formula is C18H15ClN2O3. The van der Waals surface area contributed by atoms with E-state index in [4.69, 9.17) is 16.3 Å². The Labute approximate surface area is 143 Å². The van der Waals surface area contributed by atoms with Crippen LogP contribution in [0.1, 0.15) is 16.2 Å². The number of carbonyl (C=O) groups excluding carboxylic acids is 1. The lowest BCUT2D eigenvalue weighted by atomic mass is 10.2. The quantitative estimate of drug-likeness (QED) is 0.683. The number of hydrogen-bond acceptors (Lipinski definition) is 4. The molecule has 0 radical (unpaired) electrons. The van der Waals surface area contributed by atoms with Crippen LogP contribution >= 0.6 is 11.6 Å². The highest BCUT2D eigenvalue weighted by atomic mass is 35.5. The van der Waals surface area contributed by atoms with Crippen molar-refractivity contribution in [2.24, 2.45) is 0 Å². The second-order valence-corrected chi connectivity index (χ2v) is 5.71. The third-order valence-electron chi connectivity index (χ3n) is 3.68. The molecule has 0 bridgehead atoms. The topological polar surface area (TPSA) is 61.2 Å². The monoisotopic (exact) mass is 342 g/mol. The van der Waals surface area contributed by atoms with E-state index >= 15 is 0 Å². The zero-order valence-electron chi connectivity index (χ0n) is 13.0. The number of aromatic nitrogens is 2. The maximum atomic E-state index is 12.5. The van der Waals surface area contributed by atoms with Gasteiger partial charge in [0.1, 0.15) is 12.4 Å². The molecule has 0 spiro atoms. The van der Waals surface area contributed by atoms with E-state index in [9.17, 15) is 9.59 Å². The molecule has 0 aliphatic heterocycles. The average Bonchev–Trinajstić information content (AvgIpc) is 2.58. The Kier molecular flexibility index (Phi) is 4.62. The van der Waals surface area contributed by atoms with Gasteiger partial charge in [-0.1, -0.05) is 23.7 Å². The van der Waals surface area contributed by atoms with Crippen molar-refractivity contribution in [3.8, 4) is 0 Å². The van der Waals surface area contributed by atoms with Crippen LogP contribution in [0.2, 0.25) is 5.02 Å². The van der Waals surface area contributed by atoms with Gasteiger partial charge in [0.25, 0.3) is 5.56 Å². The van der Waals surface area contributed by atoms with Gasteiger partial charge in [0.15, 0.2) is 0 Å². The van der Waals surface area contributed by atoms with Crippen molar-refractivity contribution < 1.29 is 9.53 Å². The third kappa shape index (κ3) is 3.31. The molecule has 24 heavy (non-hydrogen) atoms. The first-order chi connectivity index (χ1) is 11.6. The third-order valence-corrected chi connectivity index (χ3v) is 3.93. The molecular weight excluding hydrogens is 328 g/mol.